The first-order chi connectivity index (χ1) is 18.6. The normalized spacial score (nSPS) is 10.7. The van der Waals surface area contributed by atoms with Crippen LogP contribution < -0.4 is 24.4 Å². The van der Waals surface area contributed by atoms with Crippen LogP contribution in [0, 0.1) is 0 Å². The monoisotopic (exact) mass is 530 g/mol. The van der Waals surface area contributed by atoms with Crippen LogP contribution in [0.1, 0.15) is 27.0 Å². The molecule has 0 spiro atoms. The zero-order valence-corrected chi connectivity index (χ0v) is 21.8. The predicted molar refractivity (Wildman–Crippen MR) is 148 cm³/mol. The van der Waals surface area contributed by atoms with Gasteiger partial charge in [-0.25, -0.2) is 5.43 Å². The first-order valence-electron chi connectivity index (χ1n) is 11.8. The Bertz CT molecular complexity index is 1390. The van der Waals surface area contributed by atoms with Crippen LogP contribution in [0.4, 0.5) is 0 Å². The van der Waals surface area contributed by atoms with Gasteiger partial charge >= 0.3 is 0 Å². The van der Waals surface area contributed by atoms with Gasteiger partial charge in [0.15, 0.2) is 23.0 Å². The number of benzene rings is 4. The molecule has 0 saturated heterocycles. The molecule has 4 aromatic rings. The molecule has 0 aliphatic heterocycles. The fraction of sp³-hybridized carbons (Fsp3) is 0.133. The van der Waals surface area contributed by atoms with Gasteiger partial charge in [0.25, 0.3) is 5.91 Å². The highest BCUT2D eigenvalue weighted by molar-refractivity contribution is 6.30. The van der Waals surface area contributed by atoms with E-state index >= 15 is 0 Å². The highest BCUT2D eigenvalue weighted by Gasteiger charge is 2.11. The Morgan fingerprint density at radius 1 is 0.763 bits per heavy atom. The molecule has 0 aliphatic rings. The molecular weight excluding hydrogens is 504 g/mol. The van der Waals surface area contributed by atoms with E-state index in [2.05, 4.69) is 10.5 Å². The zero-order chi connectivity index (χ0) is 26.7. The van der Waals surface area contributed by atoms with Crippen LogP contribution in [0.2, 0.25) is 5.02 Å². The third kappa shape index (κ3) is 7.27. The van der Waals surface area contributed by atoms with Crippen LogP contribution in [0.5, 0.6) is 23.0 Å². The maximum Gasteiger partial charge on any atom is 0.271 e. The number of nitrogens with zero attached hydrogens (tertiary/aromatic N) is 1. The number of carbonyl (C=O) groups is 1. The second-order valence-corrected chi connectivity index (χ2v) is 8.60. The molecule has 0 aromatic heterocycles. The highest BCUT2D eigenvalue weighted by Crippen LogP contribution is 2.30. The van der Waals surface area contributed by atoms with Crippen LogP contribution in [0.15, 0.2) is 96.1 Å². The van der Waals surface area contributed by atoms with Gasteiger partial charge in [-0.05, 0) is 65.2 Å². The van der Waals surface area contributed by atoms with Gasteiger partial charge in [0.2, 0.25) is 0 Å². The average molecular weight is 531 g/mol. The van der Waals surface area contributed by atoms with Crippen molar-refractivity contribution in [1.82, 2.24) is 5.43 Å². The molecule has 0 unspecified atom stereocenters. The lowest BCUT2D eigenvalue weighted by atomic mass is 10.2. The van der Waals surface area contributed by atoms with Gasteiger partial charge in [-0.3, -0.25) is 4.79 Å². The molecule has 0 fully saturated rings. The van der Waals surface area contributed by atoms with Gasteiger partial charge in [0, 0.05) is 10.6 Å². The van der Waals surface area contributed by atoms with E-state index in [4.69, 9.17) is 30.5 Å². The van der Waals surface area contributed by atoms with Crippen LogP contribution in [0.3, 0.4) is 0 Å². The van der Waals surface area contributed by atoms with Gasteiger partial charge in [-0.2, -0.15) is 5.10 Å². The number of hydrogen-bond acceptors (Lipinski definition) is 6. The zero-order valence-electron chi connectivity index (χ0n) is 21.0. The molecule has 0 atom stereocenters. The quantitative estimate of drug-likeness (QED) is 0.182. The van der Waals surface area contributed by atoms with Crippen molar-refractivity contribution in [3.8, 4) is 23.0 Å². The molecular formula is C30H27ClN2O5. The van der Waals surface area contributed by atoms with E-state index in [9.17, 15) is 4.79 Å². The summed E-state index contributed by atoms with van der Waals surface area (Å²) in [5, 5.41) is 4.75. The van der Waals surface area contributed by atoms with E-state index in [1.54, 1.807) is 37.4 Å². The summed E-state index contributed by atoms with van der Waals surface area (Å²) in [6, 6.07) is 27.6. The molecule has 0 heterocycles. The van der Waals surface area contributed by atoms with Gasteiger partial charge < -0.3 is 18.9 Å². The number of ether oxygens (including phenoxy) is 4. The third-order valence-corrected chi connectivity index (χ3v) is 5.79. The molecule has 0 radical (unpaired) electrons. The molecule has 1 N–H and O–H groups in total. The molecule has 8 heteroatoms. The van der Waals surface area contributed by atoms with Crippen molar-refractivity contribution in [2.45, 2.75) is 13.2 Å². The summed E-state index contributed by atoms with van der Waals surface area (Å²) >= 11 is 5.93. The van der Waals surface area contributed by atoms with Crippen molar-refractivity contribution < 1.29 is 23.7 Å². The minimum absolute atomic E-state index is 0.372. The highest BCUT2D eigenvalue weighted by atomic mass is 35.5. The lowest BCUT2D eigenvalue weighted by Gasteiger charge is -2.12. The average Bonchev–Trinajstić information content (AvgIpc) is 2.96. The number of methoxy groups -OCH3 is 2. The smallest absolute Gasteiger partial charge is 0.271 e. The summed E-state index contributed by atoms with van der Waals surface area (Å²) < 4.78 is 22.6. The lowest BCUT2D eigenvalue weighted by molar-refractivity contribution is 0.0954. The minimum atomic E-state index is -0.385. The van der Waals surface area contributed by atoms with Gasteiger partial charge in [-0.1, -0.05) is 54.1 Å². The van der Waals surface area contributed by atoms with E-state index in [0.29, 0.717) is 46.8 Å². The summed E-state index contributed by atoms with van der Waals surface area (Å²) in [7, 11) is 3.09. The van der Waals surface area contributed by atoms with Gasteiger partial charge in [-0.15, -0.1) is 0 Å². The van der Waals surface area contributed by atoms with Crippen molar-refractivity contribution in [2.24, 2.45) is 5.10 Å². The fourth-order valence-electron chi connectivity index (χ4n) is 3.52. The SMILES string of the molecule is COc1cc(/C=N/NC(=O)c2ccc(OCc3ccccc3)c(OC)c2)ccc1OCc1ccc(Cl)cc1. The van der Waals surface area contributed by atoms with Crippen LogP contribution in [-0.2, 0) is 13.2 Å². The lowest BCUT2D eigenvalue weighted by Crippen LogP contribution is -2.17. The van der Waals surface area contributed by atoms with Gasteiger partial charge in [0.05, 0.1) is 20.4 Å². The third-order valence-electron chi connectivity index (χ3n) is 5.54. The second kappa shape index (κ2) is 13.2. The predicted octanol–water partition coefficient (Wildman–Crippen LogP) is 6.28. The minimum Gasteiger partial charge on any atom is -0.493 e. The molecule has 4 rings (SSSR count). The Balaban J connectivity index is 1.35. The molecule has 0 bridgehead atoms. The number of hydrogen-bond donors (Lipinski definition) is 1. The summed E-state index contributed by atoms with van der Waals surface area (Å²) in [5.41, 5.74) is 5.65. The summed E-state index contributed by atoms with van der Waals surface area (Å²) in [5.74, 6) is 1.75. The van der Waals surface area contributed by atoms with Gasteiger partial charge in [0.1, 0.15) is 13.2 Å². The molecule has 0 saturated carbocycles. The number of nitrogens with one attached hydrogen (secondary N) is 1. The van der Waals surface area contributed by atoms with E-state index in [-0.39, 0.29) is 5.91 Å². The number of halogens is 1. The summed E-state index contributed by atoms with van der Waals surface area (Å²) in [4.78, 5) is 12.6. The summed E-state index contributed by atoms with van der Waals surface area (Å²) in [6.45, 7) is 0.762. The Labute approximate surface area is 226 Å². The second-order valence-electron chi connectivity index (χ2n) is 8.16. The van der Waals surface area contributed by atoms with Crippen molar-refractivity contribution in [3.05, 3.63) is 118 Å². The van der Waals surface area contributed by atoms with E-state index < -0.39 is 0 Å². The van der Waals surface area contributed by atoms with E-state index in [1.807, 2.05) is 60.7 Å². The van der Waals surface area contributed by atoms with Crippen molar-refractivity contribution in [1.29, 1.82) is 0 Å². The Hall–Kier alpha value is -4.49. The number of carbonyl (C=O) groups excluding carboxylic acids is 1. The first-order valence-corrected chi connectivity index (χ1v) is 12.2. The van der Waals surface area contributed by atoms with Crippen LogP contribution in [-0.4, -0.2) is 26.3 Å². The summed E-state index contributed by atoms with van der Waals surface area (Å²) in [6.07, 6.45) is 1.53. The first kappa shape index (κ1) is 26.6. The molecule has 38 heavy (non-hydrogen) atoms. The molecule has 7 nitrogen and oxygen atoms in total. The van der Waals surface area contributed by atoms with Crippen LogP contribution in [0.25, 0.3) is 0 Å². The maximum absolute atomic E-state index is 12.6. The Morgan fingerprint density at radius 3 is 2.03 bits per heavy atom. The molecule has 194 valence electrons. The number of amides is 1. The van der Waals surface area contributed by atoms with Crippen molar-refractivity contribution in [2.75, 3.05) is 14.2 Å². The number of rotatable bonds is 11. The molecule has 0 aliphatic carbocycles. The topological polar surface area (TPSA) is 78.4 Å². The Morgan fingerprint density at radius 2 is 1.37 bits per heavy atom. The van der Waals surface area contributed by atoms with Crippen molar-refractivity contribution >= 4 is 23.7 Å². The van der Waals surface area contributed by atoms with Crippen LogP contribution >= 0.6 is 11.6 Å². The van der Waals surface area contributed by atoms with E-state index in [1.165, 1.54) is 13.3 Å². The largest absolute Gasteiger partial charge is 0.493 e. The molecule has 1 amide bonds. The van der Waals surface area contributed by atoms with E-state index in [0.717, 1.165) is 16.7 Å². The maximum atomic E-state index is 12.6. The standard InChI is InChI=1S/C30H27ClN2O5/c1-35-28-16-23(10-14-26(28)38-20-22-8-12-25(31)13-9-22)18-32-33-30(34)24-11-15-27(29(17-24)36-2)37-19-21-6-4-3-5-7-21/h3-18H,19-20H2,1-2H3,(H,33,34)/b32-18+. The fourth-order valence-corrected chi connectivity index (χ4v) is 3.64. The molecule has 4 aromatic carbocycles. The Kier molecular flexibility index (Phi) is 9.21. The van der Waals surface area contributed by atoms with Crippen molar-refractivity contribution in [3.63, 3.8) is 0 Å². The number of hydrazone groups is 1.